The van der Waals surface area contributed by atoms with Gasteiger partial charge in [-0.15, -0.1) is 0 Å². The minimum absolute atomic E-state index is 0.0980. The number of halogens is 2. The summed E-state index contributed by atoms with van der Waals surface area (Å²) >= 11 is 11.8. The first-order valence-corrected chi connectivity index (χ1v) is 7.22. The fourth-order valence-corrected chi connectivity index (χ4v) is 2.05. The molecule has 0 aliphatic carbocycles. The highest BCUT2D eigenvalue weighted by Gasteiger charge is 2.09. The van der Waals surface area contributed by atoms with Crippen LogP contribution in [0, 0.1) is 11.3 Å². The Kier molecular flexibility index (Phi) is 5.64. The summed E-state index contributed by atoms with van der Waals surface area (Å²) in [5, 5.41) is 9.80. The minimum atomic E-state index is -0.691. The highest BCUT2D eigenvalue weighted by molar-refractivity contribution is 6.42. The Balaban J connectivity index is 2.26. The highest BCUT2D eigenvalue weighted by Crippen LogP contribution is 2.29. The van der Waals surface area contributed by atoms with Crippen LogP contribution in [0.4, 0.5) is 0 Å². The molecule has 0 aromatic heterocycles. The summed E-state index contributed by atoms with van der Waals surface area (Å²) in [6.45, 7) is 0. The molecule has 4 nitrogen and oxygen atoms in total. The lowest BCUT2D eigenvalue weighted by atomic mass is 10.1. The fraction of sp³-hybridized carbons (Fsp3) is 0.0588. The van der Waals surface area contributed by atoms with Gasteiger partial charge in [0.05, 0.1) is 17.2 Å². The normalized spacial score (nSPS) is 10.8. The third-order valence-electron chi connectivity index (χ3n) is 2.82. The lowest BCUT2D eigenvalue weighted by Crippen LogP contribution is -2.02. The molecule has 2 aromatic carbocycles. The van der Waals surface area contributed by atoms with Crippen LogP contribution in [-0.2, 0) is 9.53 Å². The lowest BCUT2D eigenvalue weighted by molar-refractivity contribution is -0.135. The quantitative estimate of drug-likeness (QED) is 0.450. The number of ether oxygens (including phenoxy) is 2. The summed E-state index contributed by atoms with van der Waals surface area (Å²) in [7, 11) is 1.22. The Morgan fingerprint density at radius 2 is 1.87 bits per heavy atom. The van der Waals surface area contributed by atoms with Gasteiger partial charge in [0.2, 0.25) is 0 Å². The number of carbonyl (C=O) groups is 1. The average molecular weight is 348 g/mol. The van der Waals surface area contributed by atoms with E-state index >= 15 is 0 Å². The first-order valence-electron chi connectivity index (χ1n) is 6.46. The molecule has 0 fully saturated rings. The van der Waals surface area contributed by atoms with Crippen molar-refractivity contribution < 1.29 is 14.3 Å². The number of nitriles is 1. The Morgan fingerprint density at radius 1 is 1.13 bits per heavy atom. The van der Waals surface area contributed by atoms with E-state index in [1.54, 1.807) is 48.5 Å². The summed E-state index contributed by atoms with van der Waals surface area (Å²) in [5.74, 6) is 0.358. The maximum absolute atomic E-state index is 11.4. The molecule has 6 heteroatoms. The highest BCUT2D eigenvalue weighted by atomic mass is 35.5. The van der Waals surface area contributed by atoms with Gasteiger partial charge < -0.3 is 9.47 Å². The molecular weight excluding hydrogens is 337 g/mol. The van der Waals surface area contributed by atoms with Crippen LogP contribution >= 0.6 is 23.2 Å². The van der Waals surface area contributed by atoms with Crippen LogP contribution in [0.15, 0.2) is 48.0 Å². The second kappa shape index (κ2) is 7.68. The molecular formula is C17H11Cl2NO3. The SMILES string of the molecule is COC(=O)/C(C#N)=C/c1cccc(Oc2ccc(Cl)c(Cl)c2)c1. The van der Waals surface area contributed by atoms with Gasteiger partial charge in [0.1, 0.15) is 23.1 Å². The number of rotatable bonds is 4. The first-order chi connectivity index (χ1) is 11.0. The largest absolute Gasteiger partial charge is 0.465 e. The predicted octanol–water partition coefficient (Wildman–Crippen LogP) is 4.87. The van der Waals surface area contributed by atoms with E-state index in [0.29, 0.717) is 27.1 Å². The topological polar surface area (TPSA) is 59.3 Å². The molecule has 0 unspecified atom stereocenters. The Morgan fingerprint density at radius 3 is 2.52 bits per heavy atom. The molecule has 116 valence electrons. The van der Waals surface area contributed by atoms with Crippen LogP contribution in [0.25, 0.3) is 6.08 Å². The molecule has 2 rings (SSSR count). The van der Waals surface area contributed by atoms with Crippen molar-refractivity contribution in [3.8, 4) is 17.6 Å². The second-order valence-electron chi connectivity index (χ2n) is 4.41. The molecule has 0 bridgehead atoms. The molecule has 2 aromatic rings. The zero-order valence-electron chi connectivity index (χ0n) is 12.0. The monoisotopic (exact) mass is 347 g/mol. The average Bonchev–Trinajstić information content (AvgIpc) is 2.55. The van der Waals surface area contributed by atoms with E-state index in [1.165, 1.54) is 13.2 Å². The number of hydrogen-bond donors (Lipinski definition) is 0. The maximum Gasteiger partial charge on any atom is 0.348 e. The number of hydrogen-bond acceptors (Lipinski definition) is 4. The Labute approximate surface area is 143 Å². The van der Waals surface area contributed by atoms with Crippen LogP contribution < -0.4 is 4.74 Å². The smallest absolute Gasteiger partial charge is 0.348 e. The van der Waals surface area contributed by atoms with Crippen LogP contribution in [0.5, 0.6) is 11.5 Å². The summed E-state index contributed by atoms with van der Waals surface area (Å²) in [6.07, 6.45) is 1.42. The third kappa shape index (κ3) is 4.49. The van der Waals surface area contributed by atoms with Crippen LogP contribution in [0.2, 0.25) is 10.0 Å². The van der Waals surface area contributed by atoms with Gasteiger partial charge in [-0.05, 0) is 35.9 Å². The van der Waals surface area contributed by atoms with E-state index in [2.05, 4.69) is 4.74 Å². The van der Waals surface area contributed by atoms with Crippen molar-refractivity contribution in [3.05, 3.63) is 63.6 Å². The van der Waals surface area contributed by atoms with Gasteiger partial charge in [-0.1, -0.05) is 35.3 Å². The van der Waals surface area contributed by atoms with Crippen LogP contribution in [0.3, 0.4) is 0 Å². The summed E-state index contributed by atoms with van der Waals surface area (Å²) in [5.41, 5.74) is 0.531. The van der Waals surface area contributed by atoms with Crippen molar-refractivity contribution in [3.63, 3.8) is 0 Å². The van der Waals surface area contributed by atoms with E-state index in [1.807, 2.05) is 0 Å². The van der Waals surface area contributed by atoms with Crippen molar-refractivity contribution >= 4 is 35.2 Å². The minimum Gasteiger partial charge on any atom is -0.465 e. The van der Waals surface area contributed by atoms with Crippen molar-refractivity contribution in [2.75, 3.05) is 7.11 Å². The van der Waals surface area contributed by atoms with Gasteiger partial charge in [-0.2, -0.15) is 5.26 Å². The zero-order chi connectivity index (χ0) is 16.8. The third-order valence-corrected chi connectivity index (χ3v) is 3.56. The fourth-order valence-electron chi connectivity index (χ4n) is 1.76. The number of methoxy groups -OCH3 is 1. The molecule has 0 N–H and O–H groups in total. The lowest BCUT2D eigenvalue weighted by Gasteiger charge is -2.07. The molecule has 0 spiro atoms. The maximum atomic E-state index is 11.4. The van der Waals surface area contributed by atoms with Gasteiger partial charge >= 0.3 is 5.97 Å². The van der Waals surface area contributed by atoms with Gasteiger partial charge in [-0.3, -0.25) is 0 Å². The molecule has 0 aliphatic heterocycles. The molecule has 0 saturated carbocycles. The van der Waals surface area contributed by atoms with Crippen LogP contribution in [-0.4, -0.2) is 13.1 Å². The van der Waals surface area contributed by atoms with E-state index < -0.39 is 5.97 Å². The molecule has 0 radical (unpaired) electrons. The standard InChI is InChI=1S/C17H11Cl2NO3/c1-22-17(21)12(10-20)7-11-3-2-4-13(8-11)23-14-5-6-15(18)16(19)9-14/h2-9H,1H3/b12-7+. The van der Waals surface area contributed by atoms with Crippen molar-refractivity contribution in [1.29, 1.82) is 5.26 Å². The summed E-state index contributed by atoms with van der Waals surface area (Å²) in [6, 6.07) is 13.6. The predicted molar refractivity (Wildman–Crippen MR) is 88.6 cm³/mol. The molecule has 0 amide bonds. The first kappa shape index (κ1) is 16.9. The van der Waals surface area contributed by atoms with Crippen LogP contribution in [0.1, 0.15) is 5.56 Å². The number of esters is 1. The van der Waals surface area contributed by atoms with Crippen molar-refractivity contribution in [2.45, 2.75) is 0 Å². The zero-order valence-corrected chi connectivity index (χ0v) is 13.6. The number of carbonyl (C=O) groups excluding carboxylic acids is 1. The Hall–Kier alpha value is -2.48. The van der Waals surface area contributed by atoms with Crippen molar-refractivity contribution in [1.82, 2.24) is 0 Å². The van der Waals surface area contributed by atoms with E-state index in [4.69, 9.17) is 33.2 Å². The van der Waals surface area contributed by atoms with E-state index in [9.17, 15) is 4.79 Å². The van der Waals surface area contributed by atoms with Gasteiger partial charge in [0.25, 0.3) is 0 Å². The molecule has 0 atom stereocenters. The van der Waals surface area contributed by atoms with Crippen molar-refractivity contribution in [2.24, 2.45) is 0 Å². The van der Waals surface area contributed by atoms with Gasteiger partial charge in [0, 0.05) is 6.07 Å². The van der Waals surface area contributed by atoms with E-state index in [-0.39, 0.29) is 5.57 Å². The molecule has 23 heavy (non-hydrogen) atoms. The van der Waals surface area contributed by atoms with E-state index in [0.717, 1.165) is 0 Å². The summed E-state index contributed by atoms with van der Waals surface area (Å²) < 4.78 is 10.2. The molecule has 0 aliphatic rings. The van der Waals surface area contributed by atoms with Gasteiger partial charge in [-0.25, -0.2) is 4.79 Å². The molecule has 0 saturated heterocycles. The number of benzene rings is 2. The second-order valence-corrected chi connectivity index (χ2v) is 5.23. The molecule has 0 heterocycles. The van der Waals surface area contributed by atoms with Gasteiger partial charge in [0.15, 0.2) is 0 Å². The summed E-state index contributed by atoms with van der Waals surface area (Å²) in [4.78, 5) is 11.4. The number of nitrogens with zero attached hydrogens (tertiary/aromatic N) is 1. The Bertz CT molecular complexity index is 810.